The van der Waals surface area contributed by atoms with Gasteiger partial charge in [0.15, 0.2) is 0 Å². The van der Waals surface area contributed by atoms with Crippen molar-refractivity contribution in [2.24, 2.45) is 11.8 Å². The summed E-state index contributed by atoms with van der Waals surface area (Å²) in [6.45, 7) is 12.3. The molecule has 210 valence electrons. The van der Waals surface area contributed by atoms with Gasteiger partial charge >= 0.3 is 13.7 Å². The largest absolute Gasteiger partial charge is 0.489 e. The van der Waals surface area contributed by atoms with Crippen LogP contribution in [0.15, 0.2) is 48.5 Å². The summed E-state index contributed by atoms with van der Waals surface area (Å²) in [6, 6.07) is 16.1. The molecular weight excluding hydrogens is 501 g/mol. The van der Waals surface area contributed by atoms with Gasteiger partial charge in [0, 0.05) is 13.1 Å². The molecule has 1 saturated heterocycles. The van der Waals surface area contributed by atoms with Crippen molar-refractivity contribution in [2.45, 2.75) is 72.8 Å². The van der Waals surface area contributed by atoms with Gasteiger partial charge in [-0.1, -0.05) is 56.3 Å². The smallest absolute Gasteiger partial charge is 0.410 e. The third-order valence-electron chi connectivity index (χ3n) is 7.02. The normalized spacial score (nSPS) is 15.5. The molecule has 0 N–H and O–H groups in total. The van der Waals surface area contributed by atoms with Crippen LogP contribution in [0.25, 0.3) is 0 Å². The van der Waals surface area contributed by atoms with E-state index in [0.29, 0.717) is 31.7 Å². The number of likely N-dealkylation sites (tertiary alicyclic amines) is 1. The maximum Gasteiger partial charge on any atom is 0.410 e. The van der Waals surface area contributed by atoms with Gasteiger partial charge in [-0.05, 0) is 74.6 Å². The monoisotopic (exact) mass is 545 g/mol. The minimum absolute atomic E-state index is 0.0766. The van der Waals surface area contributed by atoms with E-state index < -0.39 is 7.60 Å². The first kappa shape index (κ1) is 30.2. The van der Waals surface area contributed by atoms with E-state index in [0.717, 1.165) is 49.2 Å². The molecule has 1 aliphatic heterocycles. The minimum atomic E-state index is -3.12. The number of carbonyl (C=O) groups excluding carboxylic acids is 1. The Morgan fingerprint density at radius 2 is 1.55 bits per heavy atom. The number of ether oxygens (including phenoxy) is 2. The van der Waals surface area contributed by atoms with Crippen LogP contribution in [-0.2, 0) is 37.5 Å². The number of benzene rings is 2. The molecular formula is C30H44NO6P. The van der Waals surface area contributed by atoms with Crippen LogP contribution in [0.4, 0.5) is 4.79 Å². The topological polar surface area (TPSA) is 74.3 Å². The van der Waals surface area contributed by atoms with Crippen LogP contribution < -0.4 is 4.74 Å². The molecule has 0 saturated carbocycles. The molecule has 2 aromatic carbocycles. The van der Waals surface area contributed by atoms with Crippen molar-refractivity contribution in [2.75, 3.05) is 26.3 Å². The fourth-order valence-corrected chi connectivity index (χ4v) is 6.16. The van der Waals surface area contributed by atoms with Crippen molar-refractivity contribution in [3.63, 3.8) is 0 Å². The Morgan fingerprint density at radius 1 is 0.947 bits per heavy atom. The summed E-state index contributed by atoms with van der Waals surface area (Å²) < 4.78 is 35.4. The zero-order chi connectivity index (χ0) is 27.5. The number of amides is 1. The number of para-hydroxylation sites is 1. The lowest BCUT2D eigenvalue weighted by molar-refractivity contribution is 0.0423. The number of carbonyl (C=O) groups is 1. The fraction of sp³-hybridized carbons (Fsp3) is 0.567. The maximum atomic E-state index is 12.8. The molecule has 0 spiro atoms. The van der Waals surface area contributed by atoms with Crippen LogP contribution in [0.5, 0.6) is 5.75 Å². The molecule has 1 heterocycles. The lowest BCUT2D eigenvalue weighted by Gasteiger charge is -2.32. The van der Waals surface area contributed by atoms with E-state index in [9.17, 15) is 9.36 Å². The van der Waals surface area contributed by atoms with Gasteiger partial charge in [0.05, 0.1) is 19.4 Å². The van der Waals surface area contributed by atoms with E-state index in [-0.39, 0.29) is 18.4 Å². The molecule has 3 rings (SSSR count). The lowest BCUT2D eigenvalue weighted by atomic mass is 9.90. The molecule has 0 aromatic heterocycles. The van der Waals surface area contributed by atoms with Gasteiger partial charge in [0.1, 0.15) is 18.5 Å². The zero-order valence-corrected chi connectivity index (χ0v) is 24.5. The van der Waals surface area contributed by atoms with Gasteiger partial charge in [-0.2, -0.15) is 0 Å². The predicted molar refractivity (Wildman–Crippen MR) is 151 cm³/mol. The number of hydrogen-bond donors (Lipinski definition) is 0. The summed E-state index contributed by atoms with van der Waals surface area (Å²) in [5.41, 5.74) is 3.13. The molecule has 7 nitrogen and oxygen atoms in total. The fourth-order valence-electron chi connectivity index (χ4n) is 4.46. The Bertz CT molecular complexity index is 1040. The highest BCUT2D eigenvalue weighted by Crippen LogP contribution is 2.51. The van der Waals surface area contributed by atoms with Gasteiger partial charge in [-0.25, -0.2) is 4.79 Å². The Balaban J connectivity index is 1.52. The summed E-state index contributed by atoms with van der Waals surface area (Å²) in [7, 11) is -3.12. The first-order valence-electron chi connectivity index (χ1n) is 13.8. The van der Waals surface area contributed by atoms with Crippen molar-refractivity contribution >= 4 is 13.7 Å². The molecule has 0 radical (unpaired) electrons. The average molecular weight is 546 g/mol. The van der Waals surface area contributed by atoms with E-state index in [4.69, 9.17) is 18.5 Å². The molecule has 8 heteroatoms. The second-order valence-corrected chi connectivity index (χ2v) is 12.3. The molecule has 1 fully saturated rings. The predicted octanol–water partition coefficient (Wildman–Crippen LogP) is 7.47. The van der Waals surface area contributed by atoms with E-state index >= 15 is 0 Å². The molecule has 1 amide bonds. The van der Waals surface area contributed by atoms with E-state index in [1.807, 2.05) is 68.1 Å². The van der Waals surface area contributed by atoms with Gasteiger partial charge in [0.25, 0.3) is 0 Å². The highest BCUT2D eigenvalue weighted by Gasteiger charge is 2.26. The number of piperidine rings is 1. The van der Waals surface area contributed by atoms with Crippen molar-refractivity contribution < 1.29 is 27.9 Å². The minimum Gasteiger partial charge on any atom is -0.489 e. The first-order valence-corrected chi connectivity index (χ1v) is 15.6. The van der Waals surface area contributed by atoms with Crippen molar-refractivity contribution in [3.8, 4) is 5.75 Å². The average Bonchev–Trinajstić information content (AvgIpc) is 2.89. The third kappa shape index (κ3) is 9.14. The van der Waals surface area contributed by atoms with Crippen LogP contribution >= 0.6 is 7.60 Å². The standard InChI is InChI=1S/C30H44NO6P/c1-6-35-38(33,36-7-2)22-27-14-12-26(13-15-27)21-34-29-11-9-8-10-28(29)20-25-16-18-31(19-17-25)30(32)37-24(5)23(3)4/h8-15,23-25H,6-7,16-22H2,1-5H3/t24-/m0/s1. The highest BCUT2D eigenvalue weighted by atomic mass is 31.2. The van der Waals surface area contributed by atoms with E-state index in [1.165, 1.54) is 5.56 Å². The van der Waals surface area contributed by atoms with Crippen LogP contribution in [0.2, 0.25) is 0 Å². The van der Waals surface area contributed by atoms with Gasteiger partial charge in [-0.3, -0.25) is 4.57 Å². The Hall–Kier alpha value is -2.34. The van der Waals surface area contributed by atoms with Crippen LogP contribution in [-0.4, -0.2) is 43.4 Å². The summed E-state index contributed by atoms with van der Waals surface area (Å²) in [6.07, 6.45) is 2.81. The second kappa shape index (κ2) is 14.7. The quantitative estimate of drug-likeness (QED) is 0.243. The van der Waals surface area contributed by atoms with Gasteiger partial charge in [-0.15, -0.1) is 0 Å². The summed E-state index contributed by atoms with van der Waals surface area (Å²) in [4.78, 5) is 14.3. The summed E-state index contributed by atoms with van der Waals surface area (Å²) in [5, 5.41) is 0. The maximum absolute atomic E-state index is 12.8. The molecule has 1 aliphatic rings. The second-order valence-electron chi connectivity index (χ2n) is 10.3. The lowest BCUT2D eigenvalue weighted by Crippen LogP contribution is -2.41. The molecule has 1 atom stereocenters. The Morgan fingerprint density at radius 3 is 2.16 bits per heavy atom. The molecule has 38 heavy (non-hydrogen) atoms. The number of rotatable bonds is 13. The molecule has 2 aromatic rings. The molecule has 0 aliphatic carbocycles. The third-order valence-corrected chi connectivity index (χ3v) is 9.08. The van der Waals surface area contributed by atoms with Gasteiger partial charge < -0.3 is 23.4 Å². The van der Waals surface area contributed by atoms with E-state index in [1.54, 1.807) is 0 Å². The SMILES string of the molecule is CCOP(=O)(Cc1ccc(COc2ccccc2CC2CCN(C(=O)O[C@@H](C)C(C)C)CC2)cc1)OCC. The van der Waals surface area contributed by atoms with Crippen molar-refractivity contribution in [3.05, 3.63) is 65.2 Å². The van der Waals surface area contributed by atoms with Crippen LogP contribution in [0.3, 0.4) is 0 Å². The van der Waals surface area contributed by atoms with Crippen LogP contribution in [0, 0.1) is 11.8 Å². The van der Waals surface area contributed by atoms with Gasteiger partial charge in [0.2, 0.25) is 0 Å². The first-order chi connectivity index (χ1) is 18.2. The summed E-state index contributed by atoms with van der Waals surface area (Å²) >= 11 is 0. The zero-order valence-electron chi connectivity index (χ0n) is 23.6. The highest BCUT2D eigenvalue weighted by molar-refractivity contribution is 7.53. The van der Waals surface area contributed by atoms with Crippen LogP contribution in [0.1, 0.15) is 64.2 Å². The number of hydrogen-bond acceptors (Lipinski definition) is 6. The number of nitrogens with zero attached hydrogens (tertiary/aromatic N) is 1. The Labute approximate surface area is 228 Å². The van der Waals surface area contributed by atoms with Crippen molar-refractivity contribution in [1.29, 1.82) is 0 Å². The summed E-state index contributed by atoms with van der Waals surface area (Å²) in [5.74, 6) is 1.70. The van der Waals surface area contributed by atoms with Crippen molar-refractivity contribution in [1.82, 2.24) is 4.90 Å². The Kier molecular flexibility index (Phi) is 11.7. The molecule has 0 unspecified atom stereocenters. The molecule has 0 bridgehead atoms. The van der Waals surface area contributed by atoms with E-state index in [2.05, 4.69) is 19.9 Å².